The summed E-state index contributed by atoms with van der Waals surface area (Å²) < 4.78 is 5.30. The number of likely N-dealkylation sites (tertiary alicyclic amines) is 1. The zero-order chi connectivity index (χ0) is 22.4. The number of rotatable bonds is 6. The van der Waals surface area contributed by atoms with E-state index in [1.807, 2.05) is 6.92 Å². The van der Waals surface area contributed by atoms with Crippen molar-refractivity contribution in [1.82, 2.24) is 15.5 Å². The molecule has 2 aliphatic rings. The second-order valence-corrected chi connectivity index (χ2v) is 8.84. The van der Waals surface area contributed by atoms with Crippen molar-refractivity contribution in [2.24, 2.45) is 5.92 Å². The molecular formula is C23H32ClN3O4. The molecule has 1 aromatic carbocycles. The van der Waals surface area contributed by atoms with Crippen molar-refractivity contribution in [3.8, 4) is 5.75 Å². The van der Waals surface area contributed by atoms with Crippen LogP contribution in [0.1, 0.15) is 62.2 Å². The normalized spacial score (nSPS) is 18.9. The average Bonchev–Trinajstić information content (AvgIpc) is 2.79. The molecule has 0 radical (unpaired) electrons. The van der Waals surface area contributed by atoms with E-state index in [9.17, 15) is 14.4 Å². The second-order valence-electron chi connectivity index (χ2n) is 8.40. The molecule has 1 aliphatic heterocycles. The van der Waals surface area contributed by atoms with Gasteiger partial charge in [-0.05, 0) is 50.8 Å². The van der Waals surface area contributed by atoms with Gasteiger partial charge in [-0.1, -0.05) is 30.9 Å². The summed E-state index contributed by atoms with van der Waals surface area (Å²) in [5.74, 6) is -0.0393. The van der Waals surface area contributed by atoms with E-state index in [0.717, 1.165) is 19.3 Å². The summed E-state index contributed by atoms with van der Waals surface area (Å²) in [7, 11) is 1.52. The molecule has 2 N–H and O–H groups in total. The van der Waals surface area contributed by atoms with Crippen LogP contribution in [-0.2, 0) is 9.59 Å². The number of likely N-dealkylation sites (N-methyl/N-ethyl adjacent to an activating group) is 1. The van der Waals surface area contributed by atoms with E-state index in [4.69, 9.17) is 16.3 Å². The summed E-state index contributed by atoms with van der Waals surface area (Å²) in [5.41, 5.74) is -0.373. The zero-order valence-corrected chi connectivity index (χ0v) is 19.1. The standard InChI is InChI=1S/C23H32ClN3O4/c1-3-25-22(30)23(11-5-4-6-12-23)26-20(28)16-9-13-27(14-10-16)21(29)18-15-17(24)7-8-19(18)31-2/h7-8,15-16H,3-6,9-14H2,1-2H3,(H,25,30)(H,26,28). The smallest absolute Gasteiger partial charge is 0.257 e. The fourth-order valence-electron chi connectivity index (χ4n) is 4.59. The van der Waals surface area contributed by atoms with Gasteiger partial charge in [-0.3, -0.25) is 14.4 Å². The highest BCUT2D eigenvalue weighted by Gasteiger charge is 2.42. The molecule has 0 atom stereocenters. The van der Waals surface area contributed by atoms with Crippen LogP contribution >= 0.6 is 11.6 Å². The summed E-state index contributed by atoms with van der Waals surface area (Å²) in [4.78, 5) is 40.5. The van der Waals surface area contributed by atoms with E-state index in [1.165, 1.54) is 7.11 Å². The van der Waals surface area contributed by atoms with Crippen LogP contribution in [0.3, 0.4) is 0 Å². The molecule has 2 fully saturated rings. The van der Waals surface area contributed by atoms with Crippen molar-refractivity contribution in [2.75, 3.05) is 26.7 Å². The number of benzene rings is 1. The van der Waals surface area contributed by atoms with E-state index < -0.39 is 5.54 Å². The monoisotopic (exact) mass is 449 g/mol. The molecule has 3 rings (SSSR count). The van der Waals surface area contributed by atoms with Gasteiger partial charge in [-0.25, -0.2) is 0 Å². The first-order valence-corrected chi connectivity index (χ1v) is 11.5. The zero-order valence-electron chi connectivity index (χ0n) is 18.3. The van der Waals surface area contributed by atoms with Gasteiger partial charge in [0, 0.05) is 30.6 Å². The number of hydrogen-bond donors (Lipinski definition) is 2. The number of nitrogens with zero attached hydrogens (tertiary/aromatic N) is 1. The number of nitrogens with one attached hydrogen (secondary N) is 2. The molecule has 170 valence electrons. The molecule has 1 saturated carbocycles. The second kappa shape index (κ2) is 10.4. The summed E-state index contributed by atoms with van der Waals surface area (Å²) in [5, 5.41) is 6.46. The van der Waals surface area contributed by atoms with E-state index in [2.05, 4.69) is 10.6 Å². The lowest BCUT2D eigenvalue weighted by Gasteiger charge is -2.39. The van der Waals surface area contributed by atoms with Crippen molar-refractivity contribution >= 4 is 29.3 Å². The highest BCUT2D eigenvalue weighted by Crippen LogP contribution is 2.31. The minimum atomic E-state index is -0.799. The Bertz CT molecular complexity index is 815. The Balaban J connectivity index is 1.62. The topological polar surface area (TPSA) is 87.7 Å². The van der Waals surface area contributed by atoms with Crippen LogP contribution in [0.4, 0.5) is 0 Å². The van der Waals surface area contributed by atoms with Crippen molar-refractivity contribution in [3.63, 3.8) is 0 Å². The average molecular weight is 450 g/mol. The van der Waals surface area contributed by atoms with Crippen molar-refractivity contribution in [3.05, 3.63) is 28.8 Å². The Morgan fingerprint density at radius 2 is 1.84 bits per heavy atom. The van der Waals surface area contributed by atoms with Gasteiger partial charge in [0.25, 0.3) is 5.91 Å². The third-order valence-corrected chi connectivity index (χ3v) is 6.62. The summed E-state index contributed by atoms with van der Waals surface area (Å²) in [6.07, 6.45) is 5.44. The van der Waals surface area contributed by atoms with Gasteiger partial charge in [-0.15, -0.1) is 0 Å². The predicted octanol–water partition coefficient (Wildman–Crippen LogP) is 3.16. The highest BCUT2D eigenvalue weighted by atomic mass is 35.5. The first-order chi connectivity index (χ1) is 14.9. The van der Waals surface area contributed by atoms with Crippen LogP contribution in [0.5, 0.6) is 5.75 Å². The van der Waals surface area contributed by atoms with Crippen LogP contribution < -0.4 is 15.4 Å². The van der Waals surface area contributed by atoms with Gasteiger partial charge < -0.3 is 20.3 Å². The number of hydrogen-bond acceptors (Lipinski definition) is 4. The Morgan fingerprint density at radius 1 is 1.16 bits per heavy atom. The van der Waals surface area contributed by atoms with Crippen LogP contribution in [0, 0.1) is 5.92 Å². The molecule has 3 amide bonds. The molecule has 1 aromatic rings. The first kappa shape index (κ1) is 23.4. The minimum Gasteiger partial charge on any atom is -0.496 e. The minimum absolute atomic E-state index is 0.0799. The number of ether oxygens (including phenoxy) is 1. The summed E-state index contributed by atoms with van der Waals surface area (Å²) >= 11 is 6.06. The molecule has 0 aromatic heterocycles. The number of halogens is 1. The summed E-state index contributed by atoms with van der Waals surface area (Å²) in [6.45, 7) is 3.38. The quantitative estimate of drug-likeness (QED) is 0.698. The van der Waals surface area contributed by atoms with Crippen molar-refractivity contribution < 1.29 is 19.1 Å². The Kier molecular flexibility index (Phi) is 7.81. The lowest BCUT2D eigenvalue weighted by atomic mass is 9.80. The van der Waals surface area contributed by atoms with Crippen LogP contribution in [-0.4, -0.2) is 54.9 Å². The molecule has 7 nitrogen and oxygen atoms in total. The largest absolute Gasteiger partial charge is 0.496 e. The Hall–Kier alpha value is -2.28. The molecule has 0 spiro atoms. The predicted molar refractivity (Wildman–Crippen MR) is 119 cm³/mol. The van der Waals surface area contributed by atoms with Crippen LogP contribution in [0.2, 0.25) is 5.02 Å². The summed E-state index contributed by atoms with van der Waals surface area (Å²) in [6, 6.07) is 4.98. The third-order valence-electron chi connectivity index (χ3n) is 6.39. The molecule has 8 heteroatoms. The Labute approximate surface area is 188 Å². The lowest BCUT2D eigenvalue weighted by Crippen LogP contribution is -2.61. The van der Waals surface area contributed by atoms with Crippen LogP contribution in [0.25, 0.3) is 0 Å². The van der Waals surface area contributed by atoms with Crippen LogP contribution in [0.15, 0.2) is 18.2 Å². The number of carbonyl (C=O) groups excluding carboxylic acids is 3. The van der Waals surface area contributed by atoms with Gasteiger partial charge in [0.1, 0.15) is 11.3 Å². The number of carbonyl (C=O) groups is 3. The molecule has 0 bridgehead atoms. The van der Waals surface area contributed by atoms with E-state index >= 15 is 0 Å². The van der Waals surface area contributed by atoms with Gasteiger partial charge in [-0.2, -0.15) is 0 Å². The van der Waals surface area contributed by atoms with Gasteiger partial charge >= 0.3 is 0 Å². The van der Waals surface area contributed by atoms with E-state index in [0.29, 0.717) is 61.7 Å². The number of piperidine rings is 1. The maximum absolute atomic E-state index is 13.0. The highest BCUT2D eigenvalue weighted by molar-refractivity contribution is 6.31. The van der Waals surface area contributed by atoms with Gasteiger partial charge in [0.2, 0.25) is 11.8 Å². The molecular weight excluding hydrogens is 418 g/mol. The third kappa shape index (κ3) is 5.32. The SMILES string of the molecule is CCNC(=O)C1(NC(=O)C2CCN(C(=O)c3cc(Cl)ccc3OC)CC2)CCCCC1. The van der Waals surface area contributed by atoms with Crippen molar-refractivity contribution in [2.45, 2.75) is 57.4 Å². The van der Waals surface area contributed by atoms with Gasteiger partial charge in [0.05, 0.1) is 12.7 Å². The van der Waals surface area contributed by atoms with E-state index in [-0.39, 0.29) is 23.6 Å². The van der Waals surface area contributed by atoms with Gasteiger partial charge in [0.15, 0.2) is 0 Å². The fourth-order valence-corrected chi connectivity index (χ4v) is 4.77. The molecule has 1 aliphatic carbocycles. The lowest BCUT2D eigenvalue weighted by molar-refractivity contribution is -0.137. The molecule has 31 heavy (non-hydrogen) atoms. The molecule has 0 unspecified atom stereocenters. The molecule has 1 saturated heterocycles. The first-order valence-electron chi connectivity index (χ1n) is 11.1. The maximum atomic E-state index is 13.0. The number of methoxy groups -OCH3 is 1. The number of amides is 3. The van der Waals surface area contributed by atoms with Crippen molar-refractivity contribution in [1.29, 1.82) is 0 Å². The Morgan fingerprint density at radius 3 is 2.45 bits per heavy atom. The van der Waals surface area contributed by atoms with E-state index in [1.54, 1.807) is 23.1 Å². The maximum Gasteiger partial charge on any atom is 0.257 e. The fraction of sp³-hybridized carbons (Fsp3) is 0.609. The molecule has 1 heterocycles.